The van der Waals surface area contributed by atoms with E-state index < -0.39 is 0 Å². The van der Waals surface area contributed by atoms with Crippen LogP contribution in [0.3, 0.4) is 0 Å². The van der Waals surface area contributed by atoms with Crippen molar-refractivity contribution in [3.8, 4) is 11.5 Å². The van der Waals surface area contributed by atoms with Crippen LogP contribution >= 0.6 is 11.3 Å². The van der Waals surface area contributed by atoms with E-state index in [2.05, 4.69) is 13.0 Å². The molecule has 2 aromatic rings. The van der Waals surface area contributed by atoms with Gasteiger partial charge >= 0.3 is 0 Å². The molecule has 1 heterocycles. The Balaban J connectivity index is 2.38. The van der Waals surface area contributed by atoms with Crippen molar-refractivity contribution in [3.05, 3.63) is 45.1 Å². The number of nitrogens with two attached hydrogens (primary N) is 1. The first-order chi connectivity index (χ1) is 9.06. The van der Waals surface area contributed by atoms with Gasteiger partial charge in [0.2, 0.25) is 0 Å². The molecule has 1 aromatic heterocycles. The Morgan fingerprint density at radius 1 is 1.05 bits per heavy atom. The van der Waals surface area contributed by atoms with Crippen molar-refractivity contribution in [3.63, 3.8) is 0 Å². The van der Waals surface area contributed by atoms with Crippen LogP contribution in [0, 0.1) is 13.8 Å². The minimum atomic E-state index is -0.126. The molecule has 1 atom stereocenters. The van der Waals surface area contributed by atoms with Gasteiger partial charge in [0.05, 0.1) is 20.3 Å². The van der Waals surface area contributed by atoms with Crippen LogP contribution in [0.5, 0.6) is 11.5 Å². The number of ether oxygens (including phenoxy) is 2. The van der Waals surface area contributed by atoms with Gasteiger partial charge in [0.15, 0.2) is 0 Å². The number of aryl methyl sites for hydroxylation is 2. The number of hydrogen-bond donors (Lipinski definition) is 1. The van der Waals surface area contributed by atoms with E-state index in [1.165, 1.54) is 0 Å². The fourth-order valence-corrected chi connectivity index (χ4v) is 3.00. The number of benzene rings is 1. The molecule has 2 N–H and O–H groups in total. The van der Waals surface area contributed by atoms with Gasteiger partial charge in [0, 0.05) is 10.3 Å². The number of methoxy groups -OCH3 is 2. The summed E-state index contributed by atoms with van der Waals surface area (Å²) in [5.74, 6) is 1.76. The predicted molar refractivity (Wildman–Crippen MR) is 79.4 cm³/mol. The molecule has 1 aromatic carbocycles. The number of hydrogen-bond acceptors (Lipinski definition) is 4. The molecule has 0 saturated carbocycles. The smallest absolute Gasteiger partial charge is 0.129 e. The van der Waals surface area contributed by atoms with Gasteiger partial charge in [0.1, 0.15) is 11.5 Å². The Kier molecular flexibility index (Phi) is 4.12. The quantitative estimate of drug-likeness (QED) is 0.931. The third kappa shape index (κ3) is 2.74. The molecule has 102 valence electrons. The highest BCUT2D eigenvalue weighted by molar-refractivity contribution is 7.10. The fourth-order valence-electron chi connectivity index (χ4n) is 2.12. The molecule has 0 amide bonds. The van der Waals surface area contributed by atoms with Gasteiger partial charge in [-0.3, -0.25) is 0 Å². The van der Waals surface area contributed by atoms with Crippen molar-refractivity contribution < 1.29 is 9.47 Å². The second-order valence-corrected chi connectivity index (χ2v) is 5.49. The molecule has 0 radical (unpaired) electrons. The van der Waals surface area contributed by atoms with Crippen molar-refractivity contribution in [2.45, 2.75) is 19.9 Å². The van der Waals surface area contributed by atoms with Crippen molar-refractivity contribution in [1.29, 1.82) is 0 Å². The molecule has 3 nitrogen and oxygen atoms in total. The lowest BCUT2D eigenvalue weighted by molar-refractivity contribution is 0.411. The zero-order valence-electron chi connectivity index (χ0n) is 11.7. The summed E-state index contributed by atoms with van der Waals surface area (Å²) in [6, 6.07) is 6.01. The Labute approximate surface area is 118 Å². The normalized spacial score (nSPS) is 12.3. The van der Waals surface area contributed by atoms with Gasteiger partial charge in [-0.25, -0.2) is 0 Å². The van der Waals surface area contributed by atoms with Crippen molar-refractivity contribution in [2.24, 2.45) is 5.73 Å². The molecule has 0 spiro atoms. The molecule has 1 unspecified atom stereocenters. The maximum atomic E-state index is 6.36. The van der Waals surface area contributed by atoms with Crippen LogP contribution in [-0.2, 0) is 0 Å². The van der Waals surface area contributed by atoms with Gasteiger partial charge in [-0.05, 0) is 42.7 Å². The second-order valence-electron chi connectivity index (χ2n) is 4.54. The molecular formula is C15H19NO2S. The predicted octanol–water partition coefficient (Wildman–Crippen LogP) is 3.43. The lowest BCUT2D eigenvalue weighted by atomic mass is 9.98. The van der Waals surface area contributed by atoms with E-state index in [1.807, 2.05) is 24.4 Å². The highest BCUT2D eigenvalue weighted by Crippen LogP contribution is 2.33. The van der Waals surface area contributed by atoms with Crippen LogP contribution in [0.1, 0.15) is 27.6 Å². The van der Waals surface area contributed by atoms with Crippen LogP contribution in [0.2, 0.25) is 0 Å². The average molecular weight is 277 g/mol. The van der Waals surface area contributed by atoms with Crippen LogP contribution in [0.15, 0.2) is 23.6 Å². The van der Waals surface area contributed by atoms with Gasteiger partial charge in [-0.15, -0.1) is 11.3 Å². The maximum absolute atomic E-state index is 6.36. The van der Waals surface area contributed by atoms with Crippen LogP contribution < -0.4 is 15.2 Å². The van der Waals surface area contributed by atoms with Crippen molar-refractivity contribution >= 4 is 11.3 Å². The van der Waals surface area contributed by atoms with Gasteiger partial charge in [-0.2, -0.15) is 0 Å². The number of rotatable bonds is 4. The summed E-state index contributed by atoms with van der Waals surface area (Å²) in [5, 5.41) is 1.97. The molecular weight excluding hydrogens is 258 g/mol. The van der Waals surface area contributed by atoms with Crippen LogP contribution in [0.4, 0.5) is 0 Å². The zero-order valence-corrected chi connectivity index (χ0v) is 12.5. The summed E-state index contributed by atoms with van der Waals surface area (Å²) in [7, 11) is 3.35. The van der Waals surface area contributed by atoms with E-state index in [0.29, 0.717) is 0 Å². The SMILES string of the molecule is COc1csc(C(N)c2cc(C)c(OC)cc2C)c1. The monoisotopic (exact) mass is 277 g/mol. The fraction of sp³-hybridized carbons (Fsp3) is 0.333. The molecule has 4 heteroatoms. The molecule has 0 aliphatic heterocycles. The summed E-state index contributed by atoms with van der Waals surface area (Å²) in [5.41, 5.74) is 9.73. The molecule has 19 heavy (non-hydrogen) atoms. The van der Waals surface area contributed by atoms with E-state index in [-0.39, 0.29) is 6.04 Å². The molecule has 0 bridgehead atoms. The lowest BCUT2D eigenvalue weighted by Crippen LogP contribution is -2.12. The van der Waals surface area contributed by atoms with Gasteiger partial charge < -0.3 is 15.2 Å². The van der Waals surface area contributed by atoms with E-state index in [0.717, 1.165) is 33.1 Å². The highest BCUT2D eigenvalue weighted by atomic mass is 32.1. The lowest BCUT2D eigenvalue weighted by Gasteiger charge is -2.16. The topological polar surface area (TPSA) is 44.5 Å². The van der Waals surface area contributed by atoms with Gasteiger partial charge in [-0.1, -0.05) is 6.07 Å². The zero-order chi connectivity index (χ0) is 14.0. The minimum absolute atomic E-state index is 0.126. The van der Waals surface area contributed by atoms with Crippen LogP contribution in [-0.4, -0.2) is 14.2 Å². The summed E-state index contributed by atoms with van der Waals surface area (Å²) in [6.07, 6.45) is 0. The Bertz CT molecular complexity index is 578. The average Bonchev–Trinajstić information content (AvgIpc) is 2.89. The first-order valence-electron chi connectivity index (χ1n) is 6.10. The molecule has 0 aliphatic rings. The van der Waals surface area contributed by atoms with E-state index >= 15 is 0 Å². The second kappa shape index (κ2) is 5.63. The third-order valence-electron chi connectivity index (χ3n) is 3.26. The highest BCUT2D eigenvalue weighted by Gasteiger charge is 2.16. The van der Waals surface area contributed by atoms with Gasteiger partial charge in [0.25, 0.3) is 0 Å². The van der Waals surface area contributed by atoms with E-state index in [9.17, 15) is 0 Å². The van der Waals surface area contributed by atoms with E-state index in [1.54, 1.807) is 25.6 Å². The standard InChI is InChI=1S/C15H19NO2S/c1-9-6-13(18-4)10(2)5-12(9)15(16)14-7-11(17-3)8-19-14/h5-8,15H,16H2,1-4H3. The molecule has 0 saturated heterocycles. The Morgan fingerprint density at radius 2 is 1.79 bits per heavy atom. The van der Waals surface area contributed by atoms with Crippen LogP contribution in [0.25, 0.3) is 0 Å². The summed E-state index contributed by atoms with van der Waals surface area (Å²) in [6.45, 7) is 4.09. The first-order valence-corrected chi connectivity index (χ1v) is 6.98. The number of thiophene rings is 1. The molecule has 2 rings (SSSR count). The summed E-state index contributed by atoms with van der Waals surface area (Å²) < 4.78 is 10.5. The summed E-state index contributed by atoms with van der Waals surface area (Å²) >= 11 is 1.62. The minimum Gasteiger partial charge on any atom is -0.496 e. The van der Waals surface area contributed by atoms with E-state index in [4.69, 9.17) is 15.2 Å². The maximum Gasteiger partial charge on any atom is 0.129 e. The summed E-state index contributed by atoms with van der Waals surface area (Å²) in [4.78, 5) is 1.10. The molecule has 0 fully saturated rings. The largest absolute Gasteiger partial charge is 0.496 e. The molecule has 0 aliphatic carbocycles. The first kappa shape index (κ1) is 13.9. The third-order valence-corrected chi connectivity index (χ3v) is 4.25. The van der Waals surface area contributed by atoms with Crippen molar-refractivity contribution in [2.75, 3.05) is 14.2 Å². The Morgan fingerprint density at radius 3 is 2.37 bits per heavy atom. The Hall–Kier alpha value is -1.52. The van der Waals surface area contributed by atoms with Crippen molar-refractivity contribution in [1.82, 2.24) is 0 Å².